The quantitative estimate of drug-likeness (QED) is 0.795. The maximum absolute atomic E-state index is 12.2. The molecular formula is C11H24N2O2S. The largest absolute Gasteiger partial charge is 0.313 e. The van der Waals surface area contributed by atoms with Gasteiger partial charge in [-0.25, -0.2) is 8.42 Å². The van der Waals surface area contributed by atoms with E-state index >= 15 is 0 Å². The normalized spacial score (nSPS) is 22.9. The van der Waals surface area contributed by atoms with E-state index in [4.69, 9.17) is 0 Å². The van der Waals surface area contributed by atoms with Crippen LogP contribution in [0.4, 0.5) is 0 Å². The van der Waals surface area contributed by atoms with Crippen molar-refractivity contribution in [3.05, 3.63) is 0 Å². The molecule has 0 aromatic heterocycles. The highest BCUT2D eigenvalue weighted by Crippen LogP contribution is 2.21. The van der Waals surface area contributed by atoms with E-state index < -0.39 is 10.0 Å². The van der Waals surface area contributed by atoms with Crippen LogP contribution in [0, 0.1) is 0 Å². The van der Waals surface area contributed by atoms with E-state index in [1.54, 1.807) is 7.05 Å². The van der Waals surface area contributed by atoms with Crippen molar-refractivity contribution in [1.29, 1.82) is 0 Å². The second-order valence-electron chi connectivity index (χ2n) is 5.21. The fourth-order valence-electron chi connectivity index (χ4n) is 1.86. The molecule has 4 nitrogen and oxygen atoms in total. The van der Waals surface area contributed by atoms with Gasteiger partial charge in [-0.2, -0.15) is 4.31 Å². The van der Waals surface area contributed by atoms with Crippen molar-refractivity contribution >= 4 is 10.0 Å². The summed E-state index contributed by atoms with van der Waals surface area (Å²) < 4.78 is 25.9. The minimum atomic E-state index is -3.14. The summed E-state index contributed by atoms with van der Waals surface area (Å²) in [5.41, 5.74) is -0.294. The molecule has 0 saturated carbocycles. The van der Waals surface area contributed by atoms with Crippen LogP contribution in [0.2, 0.25) is 0 Å². The lowest BCUT2D eigenvalue weighted by atomic mass is 10.0. The molecule has 1 aliphatic rings. The van der Waals surface area contributed by atoms with Crippen molar-refractivity contribution in [2.24, 2.45) is 0 Å². The summed E-state index contributed by atoms with van der Waals surface area (Å²) in [5, 5.41) is 3.23. The highest BCUT2D eigenvalue weighted by atomic mass is 32.2. The van der Waals surface area contributed by atoms with Crippen molar-refractivity contribution in [2.45, 2.75) is 51.6 Å². The lowest BCUT2D eigenvalue weighted by molar-refractivity contribution is 0.256. The molecule has 1 fully saturated rings. The van der Waals surface area contributed by atoms with Crippen LogP contribution in [-0.2, 0) is 10.0 Å². The van der Waals surface area contributed by atoms with Crippen molar-refractivity contribution in [2.75, 3.05) is 19.3 Å². The van der Waals surface area contributed by atoms with Gasteiger partial charge in [0.05, 0.1) is 5.75 Å². The van der Waals surface area contributed by atoms with E-state index in [9.17, 15) is 8.42 Å². The number of hydrogen-bond donors (Lipinski definition) is 1. The Labute approximate surface area is 99.5 Å². The standard InChI is InChI=1S/C11H24N2O2S/c1-5-11(2,3)13(4)16(14,15)9-10-7-6-8-12-10/h10,12H,5-9H2,1-4H3. The van der Waals surface area contributed by atoms with Gasteiger partial charge < -0.3 is 5.32 Å². The molecule has 0 spiro atoms. The SMILES string of the molecule is CCC(C)(C)N(C)S(=O)(=O)CC1CCCN1. The van der Waals surface area contributed by atoms with E-state index in [1.165, 1.54) is 4.31 Å². The van der Waals surface area contributed by atoms with Crippen LogP contribution in [0.15, 0.2) is 0 Å². The third-order valence-electron chi connectivity index (χ3n) is 3.71. The first-order valence-corrected chi connectivity index (χ1v) is 7.60. The summed E-state index contributed by atoms with van der Waals surface area (Å²) in [5.74, 6) is 0.229. The van der Waals surface area contributed by atoms with Crippen molar-refractivity contribution < 1.29 is 8.42 Å². The van der Waals surface area contributed by atoms with Gasteiger partial charge in [0, 0.05) is 18.6 Å². The van der Waals surface area contributed by atoms with Gasteiger partial charge in [0.25, 0.3) is 0 Å². The molecule has 96 valence electrons. The summed E-state index contributed by atoms with van der Waals surface area (Å²) >= 11 is 0. The number of nitrogens with zero attached hydrogens (tertiary/aromatic N) is 1. The zero-order valence-corrected chi connectivity index (χ0v) is 11.6. The molecule has 5 heteroatoms. The Morgan fingerprint density at radius 3 is 2.50 bits per heavy atom. The number of rotatable bonds is 5. The Kier molecular flexibility index (Phi) is 4.37. The van der Waals surface area contributed by atoms with Crippen LogP contribution >= 0.6 is 0 Å². The molecular weight excluding hydrogens is 224 g/mol. The molecule has 0 aliphatic carbocycles. The molecule has 1 N–H and O–H groups in total. The zero-order valence-electron chi connectivity index (χ0n) is 10.8. The average Bonchev–Trinajstić information content (AvgIpc) is 2.68. The molecule has 16 heavy (non-hydrogen) atoms. The van der Waals surface area contributed by atoms with Crippen molar-refractivity contribution in [1.82, 2.24) is 9.62 Å². The minimum absolute atomic E-state index is 0.139. The summed E-state index contributed by atoms with van der Waals surface area (Å²) in [7, 11) is -1.45. The molecule has 1 aliphatic heterocycles. The van der Waals surface area contributed by atoms with Gasteiger partial charge in [-0.1, -0.05) is 6.92 Å². The summed E-state index contributed by atoms with van der Waals surface area (Å²) in [4.78, 5) is 0. The first-order valence-electron chi connectivity index (χ1n) is 5.99. The Bertz CT molecular complexity index is 319. The smallest absolute Gasteiger partial charge is 0.215 e. The summed E-state index contributed by atoms with van der Waals surface area (Å²) in [6.07, 6.45) is 2.88. The molecule has 1 unspecified atom stereocenters. The van der Waals surface area contributed by atoms with Gasteiger partial charge in [0.2, 0.25) is 10.0 Å². The van der Waals surface area contributed by atoms with Crippen LogP contribution in [0.1, 0.15) is 40.0 Å². The van der Waals surface area contributed by atoms with Crippen molar-refractivity contribution in [3.63, 3.8) is 0 Å². The third kappa shape index (κ3) is 3.18. The summed E-state index contributed by atoms with van der Waals surface area (Å²) in [6, 6.07) is 0.139. The van der Waals surface area contributed by atoms with Gasteiger partial charge in [0.1, 0.15) is 0 Å². The van der Waals surface area contributed by atoms with Crippen molar-refractivity contribution in [3.8, 4) is 0 Å². The topological polar surface area (TPSA) is 49.4 Å². The first-order chi connectivity index (χ1) is 7.29. The second-order valence-corrected chi connectivity index (χ2v) is 7.25. The average molecular weight is 248 g/mol. The Morgan fingerprint density at radius 2 is 2.06 bits per heavy atom. The molecule has 1 saturated heterocycles. The molecule has 1 heterocycles. The van der Waals surface area contributed by atoms with E-state index in [0.717, 1.165) is 25.8 Å². The Morgan fingerprint density at radius 1 is 1.44 bits per heavy atom. The molecule has 0 aromatic rings. The molecule has 1 rings (SSSR count). The molecule has 0 bridgehead atoms. The molecule has 0 amide bonds. The second kappa shape index (κ2) is 5.02. The minimum Gasteiger partial charge on any atom is -0.313 e. The Hall–Kier alpha value is -0.130. The van der Waals surface area contributed by atoms with Gasteiger partial charge in [0.15, 0.2) is 0 Å². The van der Waals surface area contributed by atoms with Crippen LogP contribution in [-0.4, -0.2) is 43.6 Å². The Balaban J connectivity index is 2.69. The zero-order chi connectivity index (χ0) is 12.4. The third-order valence-corrected chi connectivity index (χ3v) is 5.86. The lowest BCUT2D eigenvalue weighted by Crippen LogP contribution is -2.47. The highest BCUT2D eigenvalue weighted by molar-refractivity contribution is 7.89. The van der Waals surface area contributed by atoms with E-state index in [1.807, 2.05) is 20.8 Å². The predicted molar refractivity (Wildman–Crippen MR) is 66.9 cm³/mol. The van der Waals surface area contributed by atoms with Crippen LogP contribution in [0.25, 0.3) is 0 Å². The lowest BCUT2D eigenvalue weighted by Gasteiger charge is -2.34. The monoisotopic (exact) mass is 248 g/mol. The van der Waals surface area contributed by atoms with Crippen LogP contribution < -0.4 is 5.32 Å². The van der Waals surface area contributed by atoms with E-state index in [2.05, 4.69) is 5.32 Å². The number of hydrogen-bond acceptors (Lipinski definition) is 3. The highest BCUT2D eigenvalue weighted by Gasteiger charge is 2.33. The molecule has 0 aromatic carbocycles. The molecule has 0 radical (unpaired) electrons. The number of sulfonamides is 1. The maximum Gasteiger partial charge on any atom is 0.215 e. The van der Waals surface area contributed by atoms with Gasteiger partial charge >= 0.3 is 0 Å². The summed E-state index contributed by atoms with van der Waals surface area (Å²) in [6.45, 7) is 6.89. The fraction of sp³-hybridized carbons (Fsp3) is 1.00. The van der Waals surface area contributed by atoms with Crippen LogP contribution in [0.3, 0.4) is 0 Å². The number of nitrogens with one attached hydrogen (secondary N) is 1. The predicted octanol–water partition coefficient (Wildman–Crippen LogP) is 1.19. The van der Waals surface area contributed by atoms with Gasteiger partial charge in [-0.05, 0) is 39.7 Å². The van der Waals surface area contributed by atoms with E-state index in [-0.39, 0.29) is 17.3 Å². The van der Waals surface area contributed by atoms with Gasteiger partial charge in [-0.15, -0.1) is 0 Å². The molecule has 1 atom stereocenters. The first kappa shape index (κ1) is 13.9. The van der Waals surface area contributed by atoms with E-state index in [0.29, 0.717) is 0 Å². The van der Waals surface area contributed by atoms with Gasteiger partial charge in [-0.3, -0.25) is 0 Å². The fourth-order valence-corrected chi connectivity index (χ4v) is 3.76. The van der Waals surface area contributed by atoms with Crippen LogP contribution in [0.5, 0.6) is 0 Å². The maximum atomic E-state index is 12.2.